The molecule has 0 aliphatic rings. The highest BCUT2D eigenvalue weighted by atomic mass is 16.6. The van der Waals surface area contributed by atoms with Gasteiger partial charge in [0.2, 0.25) is 0 Å². The van der Waals surface area contributed by atoms with Crippen LogP contribution < -0.4 is 14.2 Å². The van der Waals surface area contributed by atoms with Gasteiger partial charge in [0.05, 0.1) is 27.5 Å². The number of ether oxygens (including phenoxy) is 3. The van der Waals surface area contributed by atoms with Crippen LogP contribution in [0.1, 0.15) is 47.4 Å². The highest BCUT2D eigenvalue weighted by molar-refractivity contribution is 6.02. The predicted octanol–water partition coefficient (Wildman–Crippen LogP) is 7.31. The Hall–Kier alpha value is -4.98. The van der Waals surface area contributed by atoms with Gasteiger partial charge in [0.25, 0.3) is 0 Å². The summed E-state index contributed by atoms with van der Waals surface area (Å²) in [5.41, 5.74) is 0.280. The highest BCUT2D eigenvalue weighted by Crippen LogP contribution is 2.44. The Balaban J connectivity index is 1.79. The second-order valence-electron chi connectivity index (χ2n) is 8.74. The summed E-state index contributed by atoms with van der Waals surface area (Å²) in [7, 11) is 0. The summed E-state index contributed by atoms with van der Waals surface area (Å²) in [6.07, 6.45) is 5.10. The molecule has 0 amide bonds. The van der Waals surface area contributed by atoms with Crippen molar-refractivity contribution < 1.29 is 28.7 Å². The number of carbonyl (C=O) groups excluding carboxylic acids is 2. The monoisotopic (exact) mass is 525 g/mol. The summed E-state index contributed by atoms with van der Waals surface area (Å²) < 4.78 is 17.3. The molecule has 0 radical (unpaired) electrons. The van der Waals surface area contributed by atoms with Gasteiger partial charge in [-0.1, -0.05) is 48.6 Å². The first-order valence-electron chi connectivity index (χ1n) is 12.5. The number of benzene rings is 4. The van der Waals surface area contributed by atoms with Crippen molar-refractivity contribution in [3.63, 3.8) is 0 Å². The Morgan fingerprint density at radius 3 is 1.97 bits per heavy atom. The van der Waals surface area contributed by atoms with Crippen LogP contribution in [0.4, 0.5) is 5.69 Å². The molecular weight excluding hydrogens is 498 g/mol. The molecule has 198 valence electrons. The molecule has 0 saturated carbocycles. The molecule has 0 spiro atoms. The van der Waals surface area contributed by atoms with Crippen LogP contribution in [0.25, 0.3) is 10.8 Å². The molecule has 8 nitrogen and oxygen atoms in total. The van der Waals surface area contributed by atoms with E-state index in [1.165, 1.54) is 18.2 Å². The van der Waals surface area contributed by atoms with Crippen molar-refractivity contribution in [2.45, 2.75) is 32.8 Å². The van der Waals surface area contributed by atoms with Crippen molar-refractivity contribution in [1.29, 1.82) is 0 Å². The number of esters is 2. The number of hydrogen-bond acceptors (Lipinski definition) is 7. The minimum atomic E-state index is -0.708. The Morgan fingerprint density at radius 1 is 0.821 bits per heavy atom. The molecule has 0 heterocycles. The van der Waals surface area contributed by atoms with Crippen LogP contribution in [-0.4, -0.2) is 23.0 Å². The lowest BCUT2D eigenvalue weighted by atomic mass is 10.1. The number of fused-ring (bicyclic) bond motifs is 1. The predicted molar refractivity (Wildman–Crippen MR) is 148 cm³/mol. The van der Waals surface area contributed by atoms with Crippen LogP contribution in [0.3, 0.4) is 0 Å². The van der Waals surface area contributed by atoms with Gasteiger partial charge >= 0.3 is 17.6 Å². The van der Waals surface area contributed by atoms with Crippen molar-refractivity contribution in [3.05, 3.63) is 118 Å². The van der Waals surface area contributed by atoms with E-state index in [0.717, 1.165) is 6.42 Å². The van der Waals surface area contributed by atoms with E-state index in [9.17, 15) is 19.7 Å². The van der Waals surface area contributed by atoms with Crippen LogP contribution >= 0.6 is 0 Å². The van der Waals surface area contributed by atoms with Crippen molar-refractivity contribution in [3.8, 4) is 17.2 Å². The zero-order valence-electron chi connectivity index (χ0n) is 21.5. The Labute approximate surface area is 225 Å². The van der Waals surface area contributed by atoms with Crippen molar-refractivity contribution in [2.75, 3.05) is 0 Å². The van der Waals surface area contributed by atoms with Crippen LogP contribution in [0.2, 0.25) is 0 Å². The number of rotatable bonds is 10. The van der Waals surface area contributed by atoms with E-state index in [4.69, 9.17) is 14.2 Å². The van der Waals surface area contributed by atoms with Gasteiger partial charge in [0.15, 0.2) is 17.2 Å². The summed E-state index contributed by atoms with van der Waals surface area (Å²) in [4.78, 5) is 37.5. The fraction of sp³-hybridized carbons (Fsp3) is 0.161. The van der Waals surface area contributed by atoms with E-state index >= 15 is 0 Å². The Bertz CT molecular complexity index is 1510. The topological polar surface area (TPSA) is 105 Å². The summed E-state index contributed by atoms with van der Waals surface area (Å²) in [6, 6.07) is 22.5. The fourth-order valence-corrected chi connectivity index (χ4v) is 4.02. The van der Waals surface area contributed by atoms with Gasteiger partial charge in [-0.3, -0.25) is 10.1 Å². The Kier molecular flexibility index (Phi) is 8.68. The first-order chi connectivity index (χ1) is 18.9. The van der Waals surface area contributed by atoms with Gasteiger partial charge in [-0.25, -0.2) is 9.59 Å². The lowest BCUT2D eigenvalue weighted by molar-refractivity contribution is -0.384. The summed E-state index contributed by atoms with van der Waals surface area (Å²) in [5, 5.41) is 12.6. The molecule has 0 fully saturated rings. The largest absolute Gasteiger partial charge is 0.484 e. The molecule has 4 aromatic rings. The van der Waals surface area contributed by atoms with Gasteiger partial charge in [-0.15, -0.1) is 0 Å². The number of hydrogen-bond donors (Lipinski definition) is 0. The second-order valence-corrected chi connectivity index (χ2v) is 8.74. The SMILES string of the molecule is CC=CCC[C@@H](C)Oc1ccc2c(OC(=O)c3ccccc3)c(OC(=O)c3ccccc3)ccc2c1[N+](=O)[O-]. The molecule has 0 aromatic heterocycles. The number of nitrogens with zero attached hydrogens (tertiary/aromatic N) is 1. The summed E-state index contributed by atoms with van der Waals surface area (Å²) >= 11 is 0. The third kappa shape index (κ3) is 6.48. The van der Waals surface area contributed by atoms with E-state index in [-0.39, 0.29) is 45.4 Å². The van der Waals surface area contributed by atoms with Crippen LogP contribution in [-0.2, 0) is 0 Å². The third-order valence-corrected chi connectivity index (χ3v) is 5.95. The Morgan fingerprint density at radius 2 is 1.38 bits per heavy atom. The van der Waals surface area contributed by atoms with Crippen molar-refractivity contribution in [2.24, 2.45) is 0 Å². The van der Waals surface area contributed by atoms with Crippen molar-refractivity contribution in [1.82, 2.24) is 0 Å². The average molecular weight is 526 g/mol. The normalized spacial score (nSPS) is 11.7. The zero-order chi connectivity index (χ0) is 27.8. The number of nitro benzene ring substituents is 1. The fourth-order valence-electron chi connectivity index (χ4n) is 4.02. The molecule has 8 heteroatoms. The third-order valence-electron chi connectivity index (χ3n) is 5.95. The molecule has 0 bridgehead atoms. The molecule has 4 rings (SSSR count). The number of nitro groups is 1. The highest BCUT2D eigenvalue weighted by Gasteiger charge is 2.26. The average Bonchev–Trinajstić information content (AvgIpc) is 2.94. The standard InChI is InChI=1S/C31H27NO7/c1-3-4-7-12-21(2)37-26-19-18-25-24(28(26)32(35)36)17-20-27(38-30(33)22-13-8-5-9-14-22)29(25)39-31(34)23-15-10-6-11-16-23/h3-6,8-11,13-21H,7,12H2,1-2H3/t21-/m1/s1. The minimum Gasteiger partial charge on any atom is -0.484 e. The molecule has 0 unspecified atom stereocenters. The van der Waals surface area contributed by atoms with Gasteiger partial charge < -0.3 is 14.2 Å². The maximum Gasteiger partial charge on any atom is 0.343 e. The van der Waals surface area contributed by atoms with Gasteiger partial charge in [0, 0.05) is 5.39 Å². The zero-order valence-corrected chi connectivity index (χ0v) is 21.5. The first kappa shape index (κ1) is 27.1. The number of carbonyl (C=O) groups is 2. The molecule has 0 saturated heterocycles. The lowest BCUT2D eigenvalue weighted by Crippen LogP contribution is -2.14. The molecule has 39 heavy (non-hydrogen) atoms. The maximum absolute atomic E-state index is 13.0. The molecule has 4 aromatic carbocycles. The smallest absolute Gasteiger partial charge is 0.343 e. The molecule has 0 aliphatic heterocycles. The second kappa shape index (κ2) is 12.5. The van der Waals surface area contributed by atoms with Crippen LogP contribution in [0.5, 0.6) is 17.2 Å². The quantitative estimate of drug-likeness (QED) is 0.0703. The molecular formula is C31H27NO7. The summed E-state index contributed by atoms with van der Waals surface area (Å²) in [6.45, 7) is 3.77. The van der Waals surface area contributed by atoms with E-state index in [1.807, 2.05) is 26.0 Å². The minimum absolute atomic E-state index is 0.0525. The first-order valence-corrected chi connectivity index (χ1v) is 12.5. The number of allylic oxidation sites excluding steroid dienone is 2. The molecule has 0 N–H and O–H groups in total. The van der Waals surface area contributed by atoms with Gasteiger partial charge in [-0.05, 0) is 75.2 Å². The lowest BCUT2D eigenvalue weighted by Gasteiger charge is -2.17. The molecule has 1 atom stereocenters. The van der Waals surface area contributed by atoms with E-state index in [1.54, 1.807) is 66.7 Å². The summed E-state index contributed by atoms with van der Waals surface area (Å²) in [5.74, 6) is -1.45. The van der Waals surface area contributed by atoms with Gasteiger partial charge in [0.1, 0.15) is 0 Å². The van der Waals surface area contributed by atoms with Crippen molar-refractivity contribution >= 4 is 28.4 Å². The van der Waals surface area contributed by atoms with E-state index < -0.39 is 16.9 Å². The van der Waals surface area contributed by atoms with E-state index in [0.29, 0.717) is 12.0 Å². The van der Waals surface area contributed by atoms with Gasteiger partial charge in [-0.2, -0.15) is 0 Å². The maximum atomic E-state index is 13.0. The van der Waals surface area contributed by atoms with E-state index in [2.05, 4.69) is 0 Å². The molecule has 0 aliphatic carbocycles. The van der Waals surface area contributed by atoms with Crippen LogP contribution in [0.15, 0.2) is 97.1 Å². The van der Waals surface area contributed by atoms with Crippen LogP contribution in [0, 0.1) is 10.1 Å².